The van der Waals surface area contributed by atoms with Crippen LogP contribution in [0.1, 0.15) is 5.56 Å². The van der Waals surface area contributed by atoms with Crippen molar-refractivity contribution in [1.82, 2.24) is 9.55 Å². The van der Waals surface area contributed by atoms with E-state index in [1.54, 1.807) is 0 Å². The van der Waals surface area contributed by atoms with Gasteiger partial charge in [-0.15, -0.1) is 0 Å². The molecule has 0 amide bonds. The number of nitrogens with one attached hydrogen (secondary N) is 2. The minimum atomic E-state index is 0.659. The van der Waals surface area contributed by atoms with E-state index in [4.69, 9.17) is 12.2 Å². The van der Waals surface area contributed by atoms with Crippen LogP contribution in [0.25, 0.3) is 11.0 Å². The molecule has 1 aromatic heterocycles. The van der Waals surface area contributed by atoms with Gasteiger partial charge in [0.25, 0.3) is 0 Å². The lowest BCUT2D eigenvalue weighted by Crippen LogP contribution is -2.07. The standard InChI is InChI=1S/C15H15N3S/c1-11-5-4-6-12(9-11)16-10-18-14-8-3-2-7-13(14)17-15(18)19/h2-9,16H,10H2,1H3,(H,17,19). The number of nitrogens with zero attached hydrogens (tertiary/aromatic N) is 1. The Bertz CT molecular complexity index is 770. The number of para-hydroxylation sites is 2. The number of anilines is 1. The van der Waals surface area contributed by atoms with Crippen molar-refractivity contribution in [2.24, 2.45) is 0 Å². The smallest absolute Gasteiger partial charge is 0.179 e. The summed E-state index contributed by atoms with van der Waals surface area (Å²) in [6, 6.07) is 16.5. The zero-order valence-electron chi connectivity index (χ0n) is 10.7. The van der Waals surface area contributed by atoms with Crippen LogP contribution in [0, 0.1) is 11.7 Å². The van der Waals surface area contributed by atoms with Crippen molar-refractivity contribution in [3.63, 3.8) is 0 Å². The van der Waals surface area contributed by atoms with Crippen LogP contribution in [0.15, 0.2) is 48.5 Å². The molecule has 0 fully saturated rings. The summed E-state index contributed by atoms with van der Waals surface area (Å²) in [4.78, 5) is 3.21. The molecule has 2 aromatic carbocycles. The monoisotopic (exact) mass is 269 g/mol. The maximum absolute atomic E-state index is 5.36. The summed E-state index contributed by atoms with van der Waals surface area (Å²) >= 11 is 5.36. The largest absolute Gasteiger partial charge is 0.367 e. The maximum Gasteiger partial charge on any atom is 0.179 e. The predicted octanol–water partition coefficient (Wildman–Crippen LogP) is 4.08. The molecule has 0 aliphatic carbocycles. The third-order valence-electron chi connectivity index (χ3n) is 3.14. The lowest BCUT2D eigenvalue weighted by atomic mass is 10.2. The zero-order valence-corrected chi connectivity index (χ0v) is 11.5. The van der Waals surface area contributed by atoms with Crippen LogP contribution in [0.4, 0.5) is 5.69 Å². The summed E-state index contributed by atoms with van der Waals surface area (Å²) in [6.45, 7) is 2.74. The van der Waals surface area contributed by atoms with E-state index >= 15 is 0 Å². The topological polar surface area (TPSA) is 32.8 Å². The van der Waals surface area contributed by atoms with E-state index in [0.29, 0.717) is 6.67 Å². The molecule has 4 heteroatoms. The average Bonchev–Trinajstić information content (AvgIpc) is 2.72. The van der Waals surface area contributed by atoms with Gasteiger partial charge in [0.1, 0.15) is 0 Å². The number of aromatic nitrogens is 2. The fourth-order valence-corrected chi connectivity index (χ4v) is 2.46. The highest BCUT2D eigenvalue weighted by molar-refractivity contribution is 7.71. The molecular formula is C15H15N3S. The van der Waals surface area contributed by atoms with E-state index in [-0.39, 0.29) is 0 Å². The molecular weight excluding hydrogens is 254 g/mol. The van der Waals surface area contributed by atoms with Crippen LogP contribution in [-0.4, -0.2) is 9.55 Å². The van der Waals surface area contributed by atoms with Crippen molar-refractivity contribution in [2.75, 3.05) is 5.32 Å². The van der Waals surface area contributed by atoms with E-state index in [9.17, 15) is 0 Å². The summed E-state index contributed by atoms with van der Waals surface area (Å²) in [5.74, 6) is 0. The SMILES string of the molecule is Cc1cccc(NCn2c(=S)[nH]c3ccccc32)c1. The van der Waals surface area contributed by atoms with E-state index in [0.717, 1.165) is 21.5 Å². The van der Waals surface area contributed by atoms with Crippen molar-refractivity contribution < 1.29 is 0 Å². The van der Waals surface area contributed by atoms with Gasteiger partial charge in [0.05, 0.1) is 17.7 Å². The van der Waals surface area contributed by atoms with Gasteiger partial charge in [0, 0.05) is 5.69 Å². The molecule has 0 bridgehead atoms. The number of fused-ring (bicyclic) bond motifs is 1. The molecule has 0 saturated carbocycles. The van der Waals surface area contributed by atoms with Crippen LogP contribution >= 0.6 is 12.2 Å². The zero-order chi connectivity index (χ0) is 13.2. The Balaban J connectivity index is 1.90. The van der Waals surface area contributed by atoms with Crippen LogP contribution in [0.2, 0.25) is 0 Å². The Morgan fingerprint density at radius 1 is 1.16 bits per heavy atom. The minimum absolute atomic E-state index is 0.659. The summed E-state index contributed by atoms with van der Waals surface area (Å²) in [6.07, 6.45) is 0. The molecule has 0 aliphatic rings. The van der Waals surface area contributed by atoms with Crippen LogP contribution in [0.5, 0.6) is 0 Å². The number of imidazole rings is 1. The molecule has 1 heterocycles. The van der Waals surface area contributed by atoms with E-state index in [1.165, 1.54) is 5.56 Å². The summed E-state index contributed by atoms with van der Waals surface area (Å²) in [5, 5.41) is 3.40. The summed E-state index contributed by atoms with van der Waals surface area (Å²) in [7, 11) is 0. The van der Waals surface area contributed by atoms with Crippen molar-refractivity contribution in [3.05, 3.63) is 58.9 Å². The number of rotatable bonds is 3. The molecule has 0 atom stereocenters. The van der Waals surface area contributed by atoms with E-state index in [2.05, 4.69) is 46.1 Å². The van der Waals surface area contributed by atoms with Crippen molar-refractivity contribution in [3.8, 4) is 0 Å². The molecule has 2 N–H and O–H groups in total. The average molecular weight is 269 g/mol. The molecule has 0 saturated heterocycles. The van der Waals surface area contributed by atoms with E-state index in [1.807, 2.05) is 24.3 Å². The Kier molecular flexibility index (Phi) is 3.09. The fourth-order valence-electron chi connectivity index (χ4n) is 2.19. The number of H-pyrrole nitrogens is 1. The first-order valence-electron chi connectivity index (χ1n) is 6.22. The van der Waals surface area contributed by atoms with Gasteiger partial charge in [0.2, 0.25) is 0 Å². The normalized spacial score (nSPS) is 10.8. The fraction of sp³-hybridized carbons (Fsp3) is 0.133. The first-order chi connectivity index (χ1) is 9.24. The maximum atomic E-state index is 5.36. The molecule has 0 radical (unpaired) electrons. The lowest BCUT2D eigenvalue weighted by Gasteiger charge is -2.09. The summed E-state index contributed by atoms with van der Waals surface area (Å²) < 4.78 is 2.80. The Morgan fingerprint density at radius 3 is 2.84 bits per heavy atom. The highest BCUT2D eigenvalue weighted by Gasteiger charge is 2.02. The number of aryl methyl sites for hydroxylation is 1. The molecule has 0 aliphatic heterocycles. The van der Waals surface area contributed by atoms with Gasteiger partial charge >= 0.3 is 0 Å². The molecule has 3 nitrogen and oxygen atoms in total. The van der Waals surface area contributed by atoms with Crippen LogP contribution in [-0.2, 0) is 6.67 Å². The molecule has 96 valence electrons. The van der Waals surface area contributed by atoms with Crippen molar-refractivity contribution >= 4 is 28.9 Å². The first-order valence-corrected chi connectivity index (χ1v) is 6.63. The second-order valence-corrected chi connectivity index (χ2v) is 4.97. The number of hydrogen-bond donors (Lipinski definition) is 2. The highest BCUT2D eigenvalue weighted by atomic mass is 32.1. The third-order valence-corrected chi connectivity index (χ3v) is 3.46. The Hall–Kier alpha value is -2.07. The van der Waals surface area contributed by atoms with Gasteiger partial charge in [-0.05, 0) is 49.0 Å². The minimum Gasteiger partial charge on any atom is -0.367 e. The second-order valence-electron chi connectivity index (χ2n) is 4.58. The molecule has 0 spiro atoms. The second kappa shape index (κ2) is 4.90. The van der Waals surface area contributed by atoms with Crippen LogP contribution in [0.3, 0.4) is 0 Å². The molecule has 3 rings (SSSR count). The quantitative estimate of drug-likeness (QED) is 0.702. The number of aromatic amines is 1. The van der Waals surface area contributed by atoms with Gasteiger partial charge < -0.3 is 10.3 Å². The highest BCUT2D eigenvalue weighted by Crippen LogP contribution is 2.15. The van der Waals surface area contributed by atoms with Gasteiger partial charge in [-0.1, -0.05) is 24.3 Å². The van der Waals surface area contributed by atoms with Crippen molar-refractivity contribution in [2.45, 2.75) is 13.6 Å². The Labute approximate surface area is 116 Å². The molecule has 3 aromatic rings. The van der Waals surface area contributed by atoms with Gasteiger partial charge in [-0.25, -0.2) is 0 Å². The first kappa shape index (κ1) is 12.0. The van der Waals surface area contributed by atoms with Gasteiger partial charge in [-0.3, -0.25) is 4.57 Å². The van der Waals surface area contributed by atoms with Crippen molar-refractivity contribution in [1.29, 1.82) is 0 Å². The third kappa shape index (κ3) is 2.39. The Morgan fingerprint density at radius 2 is 2.00 bits per heavy atom. The molecule has 0 unspecified atom stereocenters. The number of hydrogen-bond acceptors (Lipinski definition) is 2. The predicted molar refractivity (Wildman–Crippen MR) is 81.9 cm³/mol. The molecule has 19 heavy (non-hydrogen) atoms. The number of benzene rings is 2. The van der Waals surface area contributed by atoms with Gasteiger partial charge in [0.15, 0.2) is 4.77 Å². The lowest BCUT2D eigenvalue weighted by molar-refractivity contribution is 0.787. The van der Waals surface area contributed by atoms with Crippen LogP contribution < -0.4 is 5.32 Å². The van der Waals surface area contributed by atoms with E-state index < -0.39 is 0 Å². The van der Waals surface area contributed by atoms with Gasteiger partial charge in [-0.2, -0.15) is 0 Å². The summed E-state index contributed by atoms with van der Waals surface area (Å²) in [5.41, 5.74) is 4.53.